The molecule has 0 aliphatic heterocycles. The van der Waals surface area contributed by atoms with Crippen molar-refractivity contribution < 1.29 is 19.1 Å². The topological polar surface area (TPSA) is 66.4 Å². The zero-order valence-electron chi connectivity index (χ0n) is 11.5. The quantitative estimate of drug-likeness (QED) is 0.880. The average Bonchev–Trinajstić information content (AvgIpc) is 2.25. The van der Waals surface area contributed by atoms with Gasteiger partial charge in [0.05, 0.1) is 12.0 Å². The van der Waals surface area contributed by atoms with Crippen molar-refractivity contribution in [1.29, 1.82) is 0 Å². The number of carboxylic acids is 1. The Morgan fingerprint density at radius 2 is 2.00 bits per heavy atom. The normalized spacial score (nSPS) is 12.8. The number of amides is 1. The first-order valence-corrected chi connectivity index (χ1v) is 6.88. The van der Waals surface area contributed by atoms with Gasteiger partial charge in [-0.3, -0.25) is 9.59 Å². The number of carboxylic acid groups (broad SMARTS) is 1. The highest BCUT2D eigenvalue weighted by atomic mass is 79.9. The number of benzene rings is 1. The summed E-state index contributed by atoms with van der Waals surface area (Å²) in [7, 11) is 0. The van der Waals surface area contributed by atoms with Crippen LogP contribution in [0.3, 0.4) is 0 Å². The second kappa shape index (κ2) is 6.35. The van der Waals surface area contributed by atoms with Crippen LogP contribution in [-0.4, -0.2) is 23.0 Å². The van der Waals surface area contributed by atoms with E-state index in [0.29, 0.717) is 4.47 Å². The van der Waals surface area contributed by atoms with Crippen molar-refractivity contribution >= 4 is 27.8 Å². The number of carbonyl (C=O) groups is 2. The molecule has 1 rings (SSSR count). The van der Waals surface area contributed by atoms with Gasteiger partial charge in [-0.1, -0.05) is 20.8 Å². The van der Waals surface area contributed by atoms with Crippen molar-refractivity contribution in [1.82, 2.24) is 5.32 Å². The molecule has 1 aromatic rings. The number of hydrogen-bond donors (Lipinski definition) is 2. The van der Waals surface area contributed by atoms with Crippen molar-refractivity contribution in [3.8, 4) is 0 Å². The summed E-state index contributed by atoms with van der Waals surface area (Å²) < 4.78 is 13.3. The number of carbonyl (C=O) groups excluding carboxylic acids is 1. The summed E-state index contributed by atoms with van der Waals surface area (Å²) >= 11 is 3.12. The van der Waals surface area contributed by atoms with Crippen LogP contribution >= 0.6 is 15.9 Å². The second-order valence-corrected chi connectivity index (χ2v) is 6.47. The summed E-state index contributed by atoms with van der Waals surface area (Å²) in [5.41, 5.74) is -0.133. The highest BCUT2D eigenvalue weighted by molar-refractivity contribution is 9.10. The molecule has 1 aromatic carbocycles. The summed E-state index contributed by atoms with van der Waals surface area (Å²) in [5.74, 6) is -1.87. The third-order valence-corrected chi connectivity index (χ3v) is 3.56. The van der Waals surface area contributed by atoms with Crippen molar-refractivity contribution in [2.24, 2.45) is 5.41 Å². The second-order valence-electron chi connectivity index (χ2n) is 5.61. The molecule has 20 heavy (non-hydrogen) atoms. The summed E-state index contributed by atoms with van der Waals surface area (Å²) in [6.45, 7) is 5.54. The van der Waals surface area contributed by atoms with Gasteiger partial charge in [-0.05, 0) is 39.5 Å². The van der Waals surface area contributed by atoms with E-state index in [4.69, 9.17) is 5.11 Å². The molecular formula is C14H17BrFNO3. The Bertz CT molecular complexity index is 526. The van der Waals surface area contributed by atoms with Gasteiger partial charge >= 0.3 is 5.97 Å². The molecule has 6 heteroatoms. The maximum atomic E-state index is 13.0. The molecule has 2 N–H and O–H groups in total. The van der Waals surface area contributed by atoms with Gasteiger partial charge in [0, 0.05) is 10.5 Å². The Hall–Kier alpha value is -1.43. The van der Waals surface area contributed by atoms with Crippen molar-refractivity contribution in [2.75, 3.05) is 0 Å². The number of rotatable bonds is 4. The zero-order chi connectivity index (χ0) is 15.5. The van der Waals surface area contributed by atoms with Crippen LogP contribution in [0.5, 0.6) is 0 Å². The maximum Gasteiger partial charge on any atom is 0.305 e. The Balaban J connectivity index is 2.93. The van der Waals surface area contributed by atoms with E-state index in [1.165, 1.54) is 18.2 Å². The third kappa shape index (κ3) is 4.59. The lowest BCUT2D eigenvalue weighted by molar-refractivity contribution is -0.138. The first kappa shape index (κ1) is 16.6. The van der Waals surface area contributed by atoms with Crippen molar-refractivity contribution in [3.05, 3.63) is 34.1 Å². The fourth-order valence-electron chi connectivity index (χ4n) is 1.66. The Morgan fingerprint density at radius 3 is 2.45 bits per heavy atom. The number of hydrogen-bond acceptors (Lipinski definition) is 2. The first-order valence-electron chi connectivity index (χ1n) is 6.09. The van der Waals surface area contributed by atoms with Crippen molar-refractivity contribution in [2.45, 2.75) is 33.2 Å². The van der Waals surface area contributed by atoms with Gasteiger partial charge in [0.1, 0.15) is 5.82 Å². The van der Waals surface area contributed by atoms with Crippen molar-refractivity contribution in [3.63, 3.8) is 0 Å². The Morgan fingerprint density at radius 1 is 1.40 bits per heavy atom. The molecule has 0 saturated heterocycles. The monoisotopic (exact) mass is 345 g/mol. The predicted octanol–water partition coefficient (Wildman–Crippen LogP) is 3.21. The molecule has 0 heterocycles. The van der Waals surface area contributed by atoms with Crippen LogP contribution < -0.4 is 5.32 Å². The highest BCUT2D eigenvalue weighted by Gasteiger charge is 2.29. The van der Waals surface area contributed by atoms with E-state index in [-0.39, 0.29) is 12.0 Å². The van der Waals surface area contributed by atoms with E-state index in [1.807, 2.05) is 20.8 Å². The molecule has 1 atom stereocenters. The van der Waals surface area contributed by atoms with E-state index in [0.717, 1.165) is 0 Å². The summed E-state index contributed by atoms with van der Waals surface area (Å²) in [4.78, 5) is 23.0. The fraction of sp³-hybridized carbons (Fsp3) is 0.429. The van der Waals surface area contributed by atoms with Crippen LogP contribution in [0.15, 0.2) is 22.7 Å². The predicted molar refractivity (Wildman–Crippen MR) is 77.1 cm³/mol. The molecule has 110 valence electrons. The average molecular weight is 346 g/mol. The molecule has 0 aliphatic carbocycles. The van der Waals surface area contributed by atoms with Gasteiger partial charge in [0.15, 0.2) is 0 Å². The molecule has 0 aromatic heterocycles. The minimum atomic E-state index is -0.983. The molecule has 0 aliphatic rings. The molecule has 4 nitrogen and oxygen atoms in total. The fourth-order valence-corrected chi connectivity index (χ4v) is 2.19. The van der Waals surface area contributed by atoms with E-state index in [1.54, 1.807) is 0 Å². The van der Waals surface area contributed by atoms with Crippen LogP contribution in [0.2, 0.25) is 0 Å². The van der Waals surface area contributed by atoms with Gasteiger partial charge in [-0.2, -0.15) is 0 Å². The minimum Gasteiger partial charge on any atom is -0.481 e. The largest absolute Gasteiger partial charge is 0.481 e. The van der Waals surface area contributed by atoms with Crippen LogP contribution in [0, 0.1) is 11.2 Å². The van der Waals surface area contributed by atoms with E-state index >= 15 is 0 Å². The zero-order valence-corrected chi connectivity index (χ0v) is 13.1. The first-order chi connectivity index (χ1) is 9.11. The summed E-state index contributed by atoms with van der Waals surface area (Å²) in [6.07, 6.45) is -0.173. The minimum absolute atomic E-state index is 0.173. The van der Waals surface area contributed by atoms with Gasteiger partial charge in [0.2, 0.25) is 0 Å². The SMILES string of the molecule is CC(C)(C)C(CC(=O)O)NC(=O)c1ccc(F)cc1Br. The lowest BCUT2D eigenvalue weighted by atomic mass is 9.84. The van der Waals surface area contributed by atoms with E-state index < -0.39 is 29.2 Å². The van der Waals surface area contributed by atoms with E-state index in [2.05, 4.69) is 21.2 Å². The molecular weight excluding hydrogens is 329 g/mol. The molecule has 0 spiro atoms. The summed E-state index contributed by atoms with van der Waals surface area (Å²) in [6, 6.07) is 3.21. The molecule has 0 saturated carbocycles. The van der Waals surface area contributed by atoms with Gasteiger partial charge in [0.25, 0.3) is 5.91 Å². The molecule has 0 bridgehead atoms. The summed E-state index contributed by atoms with van der Waals surface area (Å²) in [5, 5.41) is 11.6. The standard InChI is InChI=1S/C14H17BrFNO3/c1-14(2,3)11(7-12(18)19)17-13(20)9-5-4-8(16)6-10(9)15/h4-6,11H,7H2,1-3H3,(H,17,20)(H,18,19). The van der Waals surface area contributed by atoms with Gasteiger partial charge < -0.3 is 10.4 Å². The Kier molecular flexibility index (Phi) is 5.28. The van der Waals surface area contributed by atoms with E-state index in [9.17, 15) is 14.0 Å². The highest BCUT2D eigenvalue weighted by Crippen LogP contribution is 2.24. The van der Waals surface area contributed by atoms with Crippen LogP contribution in [0.25, 0.3) is 0 Å². The third-order valence-electron chi connectivity index (χ3n) is 2.91. The number of nitrogens with one attached hydrogen (secondary N) is 1. The van der Waals surface area contributed by atoms with Crippen LogP contribution in [0.4, 0.5) is 4.39 Å². The van der Waals surface area contributed by atoms with Crippen LogP contribution in [-0.2, 0) is 4.79 Å². The number of aliphatic carboxylic acids is 1. The van der Waals surface area contributed by atoms with Crippen LogP contribution in [0.1, 0.15) is 37.6 Å². The molecule has 0 fully saturated rings. The maximum absolute atomic E-state index is 13.0. The van der Waals surface area contributed by atoms with Gasteiger partial charge in [-0.15, -0.1) is 0 Å². The van der Waals surface area contributed by atoms with Gasteiger partial charge in [-0.25, -0.2) is 4.39 Å². The lowest BCUT2D eigenvalue weighted by Crippen LogP contribution is -2.45. The molecule has 1 unspecified atom stereocenters. The lowest BCUT2D eigenvalue weighted by Gasteiger charge is -2.30. The number of halogens is 2. The molecule has 0 radical (unpaired) electrons. The smallest absolute Gasteiger partial charge is 0.305 e. The Labute approximate surface area is 125 Å². The molecule has 1 amide bonds.